The van der Waals surface area contributed by atoms with Crippen LogP contribution < -0.4 is 10.1 Å². The molecule has 1 saturated heterocycles. The molecule has 1 amide bonds. The second-order valence-corrected chi connectivity index (χ2v) is 6.36. The molecule has 0 aliphatic carbocycles. The van der Waals surface area contributed by atoms with Gasteiger partial charge in [0.15, 0.2) is 5.82 Å². The highest BCUT2D eigenvalue weighted by atomic mass is 16.5. The van der Waals surface area contributed by atoms with Crippen LogP contribution in [0, 0.1) is 0 Å². The van der Waals surface area contributed by atoms with Crippen molar-refractivity contribution in [1.82, 2.24) is 15.1 Å². The number of hydrogen-bond acceptors (Lipinski definition) is 5. The highest BCUT2D eigenvalue weighted by Crippen LogP contribution is 2.23. The molecular weight excluding hydrogens is 332 g/mol. The lowest BCUT2D eigenvalue weighted by Crippen LogP contribution is -2.28. The van der Waals surface area contributed by atoms with Crippen LogP contribution in [0.4, 0.5) is 5.82 Å². The number of methoxy groups -OCH3 is 1. The fourth-order valence-corrected chi connectivity index (χ4v) is 3.01. The molecule has 7 nitrogen and oxygen atoms in total. The van der Waals surface area contributed by atoms with Gasteiger partial charge in [-0.3, -0.25) is 9.89 Å². The van der Waals surface area contributed by atoms with Gasteiger partial charge in [-0.25, -0.2) is 0 Å². The first-order chi connectivity index (χ1) is 12.7. The third kappa shape index (κ3) is 5.31. The average molecular weight is 358 g/mol. The van der Waals surface area contributed by atoms with Gasteiger partial charge in [-0.15, -0.1) is 0 Å². The second kappa shape index (κ2) is 9.35. The maximum Gasteiger partial charge on any atom is 0.225 e. The molecule has 1 aromatic heterocycles. The standard InChI is InChI=1S/C19H26N4O3/c1-25-16-6-2-5-15(13-16)17-14-18(22-21-17)20-19(24)7-3-8-23-9-4-11-26-12-10-23/h2,5-6,13-14H,3-4,7-12H2,1H3,(H2,20,21,22,24). The van der Waals surface area contributed by atoms with Gasteiger partial charge >= 0.3 is 0 Å². The number of rotatable bonds is 7. The molecule has 0 spiro atoms. The first-order valence-electron chi connectivity index (χ1n) is 9.04. The molecule has 0 bridgehead atoms. The average Bonchev–Trinajstić information content (AvgIpc) is 2.96. The van der Waals surface area contributed by atoms with Crippen LogP contribution in [0.15, 0.2) is 30.3 Å². The lowest BCUT2D eigenvalue weighted by molar-refractivity contribution is -0.116. The second-order valence-electron chi connectivity index (χ2n) is 6.36. The third-order valence-corrected chi connectivity index (χ3v) is 4.42. The first kappa shape index (κ1) is 18.4. The quantitative estimate of drug-likeness (QED) is 0.795. The minimum atomic E-state index is -0.0141. The van der Waals surface area contributed by atoms with Crippen molar-refractivity contribution >= 4 is 11.7 Å². The van der Waals surface area contributed by atoms with Gasteiger partial charge in [0.2, 0.25) is 5.91 Å². The highest BCUT2D eigenvalue weighted by molar-refractivity contribution is 5.90. The zero-order valence-corrected chi connectivity index (χ0v) is 15.2. The van der Waals surface area contributed by atoms with E-state index in [-0.39, 0.29) is 5.91 Å². The van der Waals surface area contributed by atoms with E-state index in [9.17, 15) is 4.79 Å². The summed E-state index contributed by atoms with van der Waals surface area (Å²) in [6.45, 7) is 4.54. The number of nitrogens with zero attached hydrogens (tertiary/aromatic N) is 2. The summed E-state index contributed by atoms with van der Waals surface area (Å²) in [6.07, 6.45) is 2.38. The summed E-state index contributed by atoms with van der Waals surface area (Å²) in [5, 5.41) is 9.98. The number of aromatic nitrogens is 2. The molecule has 0 radical (unpaired) electrons. The molecule has 1 aliphatic rings. The molecular formula is C19H26N4O3. The van der Waals surface area contributed by atoms with Crippen molar-refractivity contribution in [3.05, 3.63) is 30.3 Å². The molecule has 1 aromatic carbocycles. The summed E-state index contributed by atoms with van der Waals surface area (Å²) < 4.78 is 10.7. The Hall–Kier alpha value is -2.38. The lowest BCUT2D eigenvalue weighted by atomic mass is 10.1. The number of carbonyl (C=O) groups is 1. The van der Waals surface area contributed by atoms with Crippen LogP contribution in [0.3, 0.4) is 0 Å². The van der Waals surface area contributed by atoms with E-state index in [0.717, 1.165) is 62.7 Å². The van der Waals surface area contributed by atoms with Crippen molar-refractivity contribution in [2.45, 2.75) is 19.3 Å². The molecule has 7 heteroatoms. The van der Waals surface area contributed by atoms with Crippen LogP contribution in [0.25, 0.3) is 11.3 Å². The summed E-state index contributed by atoms with van der Waals surface area (Å²) in [5.41, 5.74) is 1.80. The monoisotopic (exact) mass is 358 g/mol. The fraction of sp³-hybridized carbons (Fsp3) is 0.474. The molecule has 140 valence electrons. The summed E-state index contributed by atoms with van der Waals surface area (Å²) in [7, 11) is 1.64. The zero-order chi connectivity index (χ0) is 18.2. The van der Waals surface area contributed by atoms with Crippen LogP contribution in [0.5, 0.6) is 5.75 Å². The third-order valence-electron chi connectivity index (χ3n) is 4.42. The molecule has 2 aromatic rings. The summed E-state index contributed by atoms with van der Waals surface area (Å²) in [6, 6.07) is 9.52. The Kier molecular flexibility index (Phi) is 6.62. The van der Waals surface area contributed by atoms with Gasteiger partial charge in [0.05, 0.1) is 19.4 Å². The van der Waals surface area contributed by atoms with E-state index in [1.165, 1.54) is 0 Å². The molecule has 1 aliphatic heterocycles. The van der Waals surface area contributed by atoms with Gasteiger partial charge in [0.25, 0.3) is 0 Å². The SMILES string of the molecule is COc1cccc(-c2cc(NC(=O)CCCN3CCCOCC3)n[nH]2)c1. The van der Waals surface area contributed by atoms with Gasteiger partial charge in [0, 0.05) is 37.7 Å². The number of aromatic amines is 1. The van der Waals surface area contributed by atoms with Gasteiger partial charge in [-0.05, 0) is 31.5 Å². The topological polar surface area (TPSA) is 79.5 Å². The van der Waals surface area contributed by atoms with Crippen molar-refractivity contribution in [1.29, 1.82) is 0 Å². The predicted octanol–water partition coefficient (Wildman–Crippen LogP) is 2.53. The van der Waals surface area contributed by atoms with Gasteiger partial charge in [-0.2, -0.15) is 5.10 Å². The number of carbonyl (C=O) groups excluding carboxylic acids is 1. The molecule has 3 rings (SSSR count). The van der Waals surface area contributed by atoms with E-state index >= 15 is 0 Å². The zero-order valence-electron chi connectivity index (χ0n) is 15.2. The van der Waals surface area contributed by atoms with E-state index in [0.29, 0.717) is 12.2 Å². The van der Waals surface area contributed by atoms with Crippen molar-refractivity contribution in [2.75, 3.05) is 45.3 Å². The fourth-order valence-electron chi connectivity index (χ4n) is 3.01. The van der Waals surface area contributed by atoms with E-state index in [4.69, 9.17) is 9.47 Å². The number of amides is 1. The molecule has 26 heavy (non-hydrogen) atoms. The smallest absolute Gasteiger partial charge is 0.225 e. The molecule has 2 N–H and O–H groups in total. The first-order valence-corrected chi connectivity index (χ1v) is 9.04. The number of hydrogen-bond donors (Lipinski definition) is 2. The Labute approximate surface area is 153 Å². The van der Waals surface area contributed by atoms with E-state index in [1.54, 1.807) is 7.11 Å². The van der Waals surface area contributed by atoms with E-state index < -0.39 is 0 Å². The number of anilines is 1. The van der Waals surface area contributed by atoms with Crippen LogP contribution >= 0.6 is 0 Å². The highest BCUT2D eigenvalue weighted by Gasteiger charge is 2.11. The Morgan fingerprint density at radius 3 is 3.15 bits per heavy atom. The lowest BCUT2D eigenvalue weighted by Gasteiger charge is -2.18. The minimum Gasteiger partial charge on any atom is -0.497 e. The Balaban J connectivity index is 1.46. The van der Waals surface area contributed by atoms with Crippen LogP contribution in [0.1, 0.15) is 19.3 Å². The van der Waals surface area contributed by atoms with Crippen molar-refractivity contribution < 1.29 is 14.3 Å². The largest absolute Gasteiger partial charge is 0.497 e. The summed E-state index contributed by atoms with van der Waals surface area (Å²) >= 11 is 0. The molecule has 0 unspecified atom stereocenters. The Bertz CT molecular complexity index is 708. The van der Waals surface area contributed by atoms with Crippen molar-refractivity contribution in [3.8, 4) is 17.0 Å². The molecule has 1 fully saturated rings. The number of nitrogens with one attached hydrogen (secondary N) is 2. The molecule has 2 heterocycles. The maximum atomic E-state index is 12.1. The van der Waals surface area contributed by atoms with Crippen molar-refractivity contribution in [3.63, 3.8) is 0 Å². The summed E-state index contributed by atoms with van der Waals surface area (Å²) in [4.78, 5) is 14.5. The number of ether oxygens (including phenoxy) is 2. The number of benzene rings is 1. The minimum absolute atomic E-state index is 0.0141. The van der Waals surface area contributed by atoms with E-state index in [2.05, 4.69) is 20.4 Å². The normalized spacial score (nSPS) is 15.4. The van der Waals surface area contributed by atoms with E-state index in [1.807, 2.05) is 30.3 Å². The van der Waals surface area contributed by atoms with Gasteiger partial charge < -0.3 is 19.7 Å². The van der Waals surface area contributed by atoms with Crippen LogP contribution in [-0.4, -0.2) is 61.0 Å². The number of H-pyrrole nitrogens is 1. The van der Waals surface area contributed by atoms with Gasteiger partial charge in [-0.1, -0.05) is 12.1 Å². The van der Waals surface area contributed by atoms with Crippen molar-refractivity contribution in [2.24, 2.45) is 0 Å². The Morgan fingerprint density at radius 1 is 1.35 bits per heavy atom. The molecule has 0 saturated carbocycles. The Morgan fingerprint density at radius 2 is 2.27 bits per heavy atom. The van der Waals surface area contributed by atoms with Gasteiger partial charge in [0.1, 0.15) is 5.75 Å². The summed E-state index contributed by atoms with van der Waals surface area (Å²) in [5.74, 6) is 1.30. The molecule has 0 atom stereocenters. The maximum absolute atomic E-state index is 12.1. The van der Waals surface area contributed by atoms with Crippen LogP contribution in [-0.2, 0) is 9.53 Å². The van der Waals surface area contributed by atoms with Crippen LogP contribution in [0.2, 0.25) is 0 Å². The predicted molar refractivity (Wildman–Crippen MR) is 100 cm³/mol.